The number of nitrogens with one attached hydrogen (secondary N) is 2. The predicted molar refractivity (Wildman–Crippen MR) is 68.3 cm³/mol. The minimum Gasteiger partial charge on any atom is -0.478 e. The smallest absolute Gasteiger partial charge is 0.335 e. The van der Waals surface area contributed by atoms with Crippen molar-refractivity contribution in [1.82, 2.24) is 9.97 Å². The van der Waals surface area contributed by atoms with E-state index in [0.717, 1.165) is 0 Å². The summed E-state index contributed by atoms with van der Waals surface area (Å²) < 4.78 is 0. The molecular formula is C12H12N4O2. The predicted octanol–water partition coefficient (Wildman–Crippen LogP) is 1.96. The highest BCUT2D eigenvalue weighted by Crippen LogP contribution is 2.17. The fourth-order valence-corrected chi connectivity index (χ4v) is 1.44. The largest absolute Gasteiger partial charge is 0.478 e. The SMILES string of the molecule is CNc1cc(Nc2cccc(C(=O)O)c2)ncn1. The number of anilines is 3. The van der Waals surface area contributed by atoms with Crippen LogP contribution in [0.2, 0.25) is 0 Å². The molecule has 0 aliphatic heterocycles. The second-order valence-corrected chi connectivity index (χ2v) is 3.55. The maximum atomic E-state index is 10.8. The fourth-order valence-electron chi connectivity index (χ4n) is 1.44. The van der Waals surface area contributed by atoms with E-state index < -0.39 is 5.97 Å². The summed E-state index contributed by atoms with van der Waals surface area (Å²) in [6, 6.07) is 8.25. The molecule has 2 rings (SSSR count). The molecule has 1 aromatic heterocycles. The van der Waals surface area contributed by atoms with E-state index in [-0.39, 0.29) is 5.56 Å². The third kappa shape index (κ3) is 2.73. The van der Waals surface area contributed by atoms with Crippen LogP contribution in [0.3, 0.4) is 0 Å². The van der Waals surface area contributed by atoms with Crippen LogP contribution in [-0.4, -0.2) is 28.1 Å². The molecule has 2 aromatic rings. The third-order valence-corrected chi connectivity index (χ3v) is 2.31. The van der Waals surface area contributed by atoms with E-state index in [1.165, 1.54) is 12.4 Å². The summed E-state index contributed by atoms with van der Waals surface area (Å²) in [6.45, 7) is 0. The summed E-state index contributed by atoms with van der Waals surface area (Å²) in [5.74, 6) is 0.316. The fraction of sp³-hybridized carbons (Fsp3) is 0.0833. The van der Waals surface area contributed by atoms with Gasteiger partial charge >= 0.3 is 5.97 Å². The van der Waals surface area contributed by atoms with Crippen LogP contribution in [0, 0.1) is 0 Å². The van der Waals surface area contributed by atoms with E-state index in [9.17, 15) is 4.79 Å². The van der Waals surface area contributed by atoms with E-state index in [1.807, 2.05) is 0 Å². The Kier molecular flexibility index (Phi) is 3.38. The molecule has 18 heavy (non-hydrogen) atoms. The Hall–Kier alpha value is -2.63. The second-order valence-electron chi connectivity index (χ2n) is 3.55. The molecule has 1 aromatic carbocycles. The minimum absolute atomic E-state index is 0.225. The van der Waals surface area contributed by atoms with Crippen molar-refractivity contribution in [2.24, 2.45) is 0 Å². The van der Waals surface area contributed by atoms with Gasteiger partial charge < -0.3 is 15.7 Å². The number of carbonyl (C=O) groups is 1. The first-order valence-corrected chi connectivity index (χ1v) is 5.29. The number of benzene rings is 1. The molecule has 0 radical (unpaired) electrons. The molecule has 0 spiro atoms. The molecule has 0 aliphatic carbocycles. The van der Waals surface area contributed by atoms with Crippen molar-refractivity contribution in [2.45, 2.75) is 0 Å². The average Bonchev–Trinajstić information content (AvgIpc) is 2.39. The molecule has 0 bridgehead atoms. The Balaban J connectivity index is 2.22. The van der Waals surface area contributed by atoms with Crippen molar-refractivity contribution >= 4 is 23.3 Å². The average molecular weight is 244 g/mol. The summed E-state index contributed by atoms with van der Waals surface area (Å²) >= 11 is 0. The normalized spacial score (nSPS) is 9.83. The Morgan fingerprint density at radius 1 is 1.22 bits per heavy atom. The molecular weight excluding hydrogens is 232 g/mol. The number of aromatic carboxylic acids is 1. The molecule has 1 heterocycles. The first-order valence-electron chi connectivity index (χ1n) is 5.29. The molecule has 0 unspecified atom stereocenters. The number of carboxylic acids is 1. The standard InChI is InChI=1S/C12H12N4O2/c1-13-10-6-11(15-7-14-10)16-9-4-2-3-8(5-9)12(17)18/h2-7H,1H3,(H,17,18)(H2,13,14,15,16). The molecule has 0 aliphatic rings. The molecule has 0 fully saturated rings. The highest BCUT2D eigenvalue weighted by Gasteiger charge is 2.04. The first kappa shape index (κ1) is 11.8. The monoisotopic (exact) mass is 244 g/mol. The topological polar surface area (TPSA) is 87.1 Å². The second kappa shape index (κ2) is 5.13. The lowest BCUT2D eigenvalue weighted by Gasteiger charge is -2.07. The zero-order valence-corrected chi connectivity index (χ0v) is 9.71. The molecule has 0 saturated carbocycles. The van der Waals surface area contributed by atoms with E-state index >= 15 is 0 Å². The number of nitrogens with zero attached hydrogens (tertiary/aromatic N) is 2. The van der Waals surface area contributed by atoms with Gasteiger partial charge in [-0.1, -0.05) is 6.07 Å². The van der Waals surface area contributed by atoms with Crippen LogP contribution in [0.1, 0.15) is 10.4 Å². The van der Waals surface area contributed by atoms with Gasteiger partial charge in [-0.2, -0.15) is 0 Å². The van der Waals surface area contributed by atoms with Crippen molar-refractivity contribution in [3.8, 4) is 0 Å². The van der Waals surface area contributed by atoms with Crippen molar-refractivity contribution in [3.05, 3.63) is 42.2 Å². The lowest BCUT2D eigenvalue weighted by Crippen LogP contribution is -2.00. The summed E-state index contributed by atoms with van der Waals surface area (Å²) in [5.41, 5.74) is 0.888. The zero-order chi connectivity index (χ0) is 13.0. The van der Waals surface area contributed by atoms with E-state index in [1.54, 1.807) is 31.3 Å². The van der Waals surface area contributed by atoms with E-state index in [0.29, 0.717) is 17.3 Å². The van der Waals surface area contributed by atoms with Crippen LogP contribution in [0.15, 0.2) is 36.7 Å². The van der Waals surface area contributed by atoms with Crippen molar-refractivity contribution < 1.29 is 9.90 Å². The number of rotatable bonds is 4. The van der Waals surface area contributed by atoms with Gasteiger partial charge in [0.25, 0.3) is 0 Å². The van der Waals surface area contributed by atoms with Crippen LogP contribution in [0.25, 0.3) is 0 Å². The van der Waals surface area contributed by atoms with Gasteiger partial charge in [0.1, 0.15) is 18.0 Å². The molecule has 0 saturated heterocycles. The third-order valence-electron chi connectivity index (χ3n) is 2.31. The summed E-state index contributed by atoms with van der Waals surface area (Å²) in [7, 11) is 1.76. The Morgan fingerprint density at radius 2 is 2.00 bits per heavy atom. The molecule has 92 valence electrons. The Labute approximate surface area is 104 Å². The number of hydrogen-bond donors (Lipinski definition) is 3. The van der Waals surface area contributed by atoms with Gasteiger partial charge in [-0.05, 0) is 18.2 Å². The van der Waals surface area contributed by atoms with E-state index in [2.05, 4.69) is 20.6 Å². The van der Waals surface area contributed by atoms with Gasteiger partial charge in [-0.15, -0.1) is 0 Å². The highest BCUT2D eigenvalue weighted by molar-refractivity contribution is 5.89. The summed E-state index contributed by atoms with van der Waals surface area (Å²) in [4.78, 5) is 18.9. The zero-order valence-electron chi connectivity index (χ0n) is 9.71. The lowest BCUT2D eigenvalue weighted by molar-refractivity contribution is 0.0697. The molecule has 6 nitrogen and oxygen atoms in total. The summed E-state index contributed by atoms with van der Waals surface area (Å²) in [5, 5.41) is 14.8. The van der Waals surface area contributed by atoms with Gasteiger partial charge in [0.15, 0.2) is 0 Å². The maximum Gasteiger partial charge on any atom is 0.335 e. The van der Waals surface area contributed by atoms with E-state index in [4.69, 9.17) is 5.11 Å². The molecule has 0 amide bonds. The summed E-state index contributed by atoms with van der Waals surface area (Å²) in [6.07, 6.45) is 1.43. The van der Waals surface area contributed by atoms with Crippen molar-refractivity contribution in [3.63, 3.8) is 0 Å². The van der Waals surface area contributed by atoms with Crippen LogP contribution in [0.4, 0.5) is 17.3 Å². The van der Waals surface area contributed by atoms with Gasteiger partial charge in [0, 0.05) is 18.8 Å². The maximum absolute atomic E-state index is 10.8. The number of carboxylic acid groups (broad SMARTS) is 1. The quantitative estimate of drug-likeness (QED) is 0.762. The Morgan fingerprint density at radius 3 is 2.72 bits per heavy atom. The van der Waals surface area contributed by atoms with Gasteiger partial charge in [0.05, 0.1) is 5.56 Å². The van der Waals surface area contributed by atoms with Crippen molar-refractivity contribution in [2.75, 3.05) is 17.7 Å². The van der Waals surface area contributed by atoms with Gasteiger partial charge in [-0.25, -0.2) is 14.8 Å². The molecule has 6 heteroatoms. The van der Waals surface area contributed by atoms with Crippen LogP contribution in [0.5, 0.6) is 0 Å². The lowest BCUT2D eigenvalue weighted by atomic mass is 10.2. The van der Waals surface area contributed by atoms with Gasteiger partial charge in [0.2, 0.25) is 0 Å². The van der Waals surface area contributed by atoms with Crippen molar-refractivity contribution in [1.29, 1.82) is 0 Å². The molecule has 3 N–H and O–H groups in total. The first-order chi connectivity index (χ1) is 8.69. The minimum atomic E-state index is -0.961. The Bertz CT molecular complexity index is 572. The van der Waals surface area contributed by atoms with Crippen LogP contribution < -0.4 is 10.6 Å². The number of aromatic nitrogens is 2. The van der Waals surface area contributed by atoms with Crippen LogP contribution in [-0.2, 0) is 0 Å². The van der Waals surface area contributed by atoms with Gasteiger partial charge in [-0.3, -0.25) is 0 Å². The molecule has 0 atom stereocenters. The van der Waals surface area contributed by atoms with Crippen LogP contribution >= 0.6 is 0 Å². The number of hydrogen-bond acceptors (Lipinski definition) is 5. The highest BCUT2D eigenvalue weighted by atomic mass is 16.4.